The first-order valence-electron chi connectivity index (χ1n) is 10.3. The topological polar surface area (TPSA) is 71.0 Å². The molecule has 0 spiro atoms. The molecule has 3 rings (SSSR count). The molecule has 3 aliphatic rings. The van der Waals surface area contributed by atoms with Crippen LogP contribution in [0, 0.1) is 22.7 Å². The van der Waals surface area contributed by atoms with Crippen molar-refractivity contribution in [2.45, 2.75) is 79.2 Å². The van der Waals surface area contributed by atoms with Gasteiger partial charge in [0.25, 0.3) is 0 Å². The Morgan fingerprint density at radius 1 is 1.15 bits per heavy atom. The second kappa shape index (κ2) is 6.78. The predicted octanol–water partition coefficient (Wildman–Crippen LogP) is 3.95. The third kappa shape index (κ3) is 3.72. The highest BCUT2D eigenvalue weighted by Crippen LogP contribution is 2.63. The Labute approximate surface area is 163 Å². The summed E-state index contributed by atoms with van der Waals surface area (Å²) in [5.74, 6) is 0.568. The van der Waals surface area contributed by atoms with Gasteiger partial charge in [0.05, 0.1) is 0 Å². The maximum atomic E-state index is 12.6. The summed E-state index contributed by atoms with van der Waals surface area (Å²) in [4.78, 5) is 26.4. The number of hydrogen-bond donors (Lipinski definition) is 1. The minimum Gasteiger partial charge on any atom is -0.444 e. The maximum absolute atomic E-state index is 12.6. The maximum Gasteiger partial charge on any atom is 0.410 e. The van der Waals surface area contributed by atoms with Crippen LogP contribution in [-0.4, -0.2) is 41.3 Å². The van der Waals surface area contributed by atoms with Gasteiger partial charge in [-0.2, -0.15) is 5.10 Å². The number of nitrogens with one attached hydrogen (secondary N) is 1. The minimum absolute atomic E-state index is 0.0180. The summed E-state index contributed by atoms with van der Waals surface area (Å²) < 4.78 is 5.41. The average Bonchev–Trinajstić information content (AvgIpc) is 2.91. The monoisotopic (exact) mass is 377 g/mol. The van der Waals surface area contributed by atoms with Crippen LogP contribution in [0.2, 0.25) is 0 Å². The third-order valence-corrected chi connectivity index (χ3v) is 7.33. The molecule has 1 saturated heterocycles. The lowest BCUT2D eigenvalue weighted by Gasteiger charge is -2.34. The van der Waals surface area contributed by atoms with Gasteiger partial charge in [0.15, 0.2) is 0 Å². The standard InChI is InChI=1S/C21H35N3O3/c1-19(2,3)27-18(26)24-11-8-14(9-12-24)17(25)23-22-16-13-15-7-10-21(16,6)20(15,4)5/h14-15H,7-13H2,1-6H3,(H,23,25)/b22-16-/t15-,21-/m1/s1. The van der Waals surface area contributed by atoms with Crippen molar-refractivity contribution in [3.63, 3.8) is 0 Å². The second-order valence-corrected chi connectivity index (χ2v) is 10.3. The van der Waals surface area contributed by atoms with Crippen LogP contribution in [0.25, 0.3) is 0 Å². The number of piperidine rings is 1. The van der Waals surface area contributed by atoms with Gasteiger partial charge in [-0.15, -0.1) is 0 Å². The first-order valence-corrected chi connectivity index (χ1v) is 10.3. The largest absolute Gasteiger partial charge is 0.444 e. The number of fused-ring (bicyclic) bond motifs is 2. The number of carbonyl (C=O) groups is 2. The highest BCUT2D eigenvalue weighted by atomic mass is 16.6. The van der Waals surface area contributed by atoms with E-state index in [0.29, 0.717) is 31.8 Å². The van der Waals surface area contributed by atoms with Crippen LogP contribution < -0.4 is 5.43 Å². The average molecular weight is 378 g/mol. The van der Waals surface area contributed by atoms with Crippen molar-refractivity contribution >= 4 is 17.7 Å². The molecule has 2 bridgehead atoms. The summed E-state index contributed by atoms with van der Waals surface area (Å²) in [6, 6.07) is 0. The fourth-order valence-electron chi connectivity index (χ4n) is 4.96. The van der Waals surface area contributed by atoms with E-state index in [1.807, 2.05) is 20.8 Å². The molecule has 6 nitrogen and oxygen atoms in total. The summed E-state index contributed by atoms with van der Waals surface area (Å²) in [5, 5.41) is 4.56. The Balaban J connectivity index is 1.52. The van der Waals surface area contributed by atoms with Crippen LogP contribution in [0.3, 0.4) is 0 Å². The Hall–Kier alpha value is -1.59. The molecule has 3 fully saturated rings. The number of ether oxygens (including phenoxy) is 1. The van der Waals surface area contributed by atoms with Crippen molar-refractivity contribution in [1.82, 2.24) is 10.3 Å². The molecule has 1 aliphatic heterocycles. The van der Waals surface area contributed by atoms with Crippen molar-refractivity contribution in [2.24, 2.45) is 27.8 Å². The molecule has 2 aliphatic carbocycles. The number of likely N-dealkylation sites (tertiary alicyclic amines) is 1. The van der Waals surface area contributed by atoms with Crippen molar-refractivity contribution in [3.05, 3.63) is 0 Å². The molecule has 0 aromatic carbocycles. The molecule has 2 amide bonds. The third-order valence-electron chi connectivity index (χ3n) is 7.33. The zero-order chi connectivity index (χ0) is 20.0. The van der Waals surface area contributed by atoms with E-state index >= 15 is 0 Å². The lowest BCUT2D eigenvalue weighted by Crippen LogP contribution is -2.44. The van der Waals surface area contributed by atoms with Crippen LogP contribution >= 0.6 is 0 Å². The SMILES string of the molecule is CC(C)(C)OC(=O)N1CCC(C(=O)N/N=C2/C[C@H]3CC[C@@]2(C)C3(C)C)CC1. The van der Waals surface area contributed by atoms with Crippen LogP contribution in [-0.2, 0) is 9.53 Å². The van der Waals surface area contributed by atoms with Gasteiger partial charge in [0.1, 0.15) is 5.60 Å². The van der Waals surface area contributed by atoms with Crippen LogP contribution in [0.1, 0.15) is 73.6 Å². The normalized spacial score (nSPS) is 32.0. The highest BCUT2D eigenvalue weighted by Gasteiger charge is 2.60. The van der Waals surface area contributed by atoms with E-state index in [9.17, 15) is 9.59 Å². The summed E-state index contributed by atoms with van der Waals surface area (Å²) in [6.07, 6.45) is 4.44. The van der Waals surface area contributed by atoms with Gasteiger partial charge in [-0.25, -0.2) is 10.2 Å². The van der Waals surface area contributed by atoms with Gasteiger partial charge in [0, 0.05) is 30.1 Å². The molecule has 0 radical (unpaired) electrons. The Kier molecular flexibility index (Phi) is 5.06. The van der Waals surface area contributed by atoms with Crippen LogP contribution in [0.15, 0.2) is 5.10 Å². The molecule has 0 aromatic rings. The van der Waals surface area contributed by atoms with Gasteiger partial charge >= 0.3 is 6.09 Å². The molecule has 0 unspecified atom stereocenters. The van der Waals surface area contributed by atoms with Crippen LogP contribution in [0.4, 0.5) is 4.79 Å². The molecule has 6 heteroatoms. The summed E-state index contributed by atoms with van der Waals surface area (Å²) in [7, 11) is 0. The fourth-order valence-corrected chi connectivity index (χ4v) is 4.96. The van der Waals surface area contributed by atoms with E-state index in [1.165, 1.54) is 6.42 Å². The molecule has 0 aromatic heterocycles. The highest BCUT2D eigenvalue weighted by molar-refractivity contribution is 5.95. The zero-order valence-electron chi connectivity index (χ0n) is 17.7. The number of amides is 2. The number of nitrogens with zero attached hydrogens (tertiary/aromatic N) is 2. The summed E-state index contributed by atoms with van der Waals surface area (Å²) in [5.41, 5.74) is 3.86. The van der Waals surface area contributed by atoms with Crippen molar-refractivity contribution in [2.75, 3.05) is 13.1 Å². The van der Waals surface area contributed by atoms with Crippen molar-refractivity contribution in [3.8, 4) is 0 Å². The van der Waals surface area contributed by atoms with Crippen LogP contribution in [0.5, 0.6) is 0 Å². The van der Waals surface area contributed by atoms with E-state index in [4.69, 9.17) is 4.74 Å². The number of hydrazone groups is 1. The minimum atomic E-state index is -0.494. The molecule has 2 atom stereocenters. The second-order valence-electron chi connectivity index (χ2n) is 10.3. The van der Waals surface area contributed by atoms with E-state index < -0.39 is 5.60 Å². The Morgan fingerprint density at radius 2 is 1.78 bits per heavy atom. The number of hydrogen-bond acceptors (Lipinski definition) is 4. The molecule has 2 saturated carbocycles. The zero-order valence-corrected chi connectivity index (χ0v) is 17.7. The van der Waals surface area contributed by atoms with Gasteiger partial charge < -0.3 is 9.64 Å². The first-order chi connectivity index (χ1) is 12.4. The van der Waals surface area contributed by atoms with E-state index in [2.05, 4.69) is 31.3 Å². The molecule has 1 N–H and O–H groups in total. The van der Waals surface area contributed by atoms with E-state index in [0.717, 1.165) is 18.6 Å². The van der Waals surface area contributed by atoms with Crippen molar-refractivity contribution < 1.29 is 14.3 Å². The summed E-state index contributed by atoms with van der Waals surface area (Å²) >= 11 is 0. The van der Waals surface area contributed by atoms with Gasteiger partial charge in [-0.05, 0) is 64.2 Å². The first kappa shape index (κ1) is 20.2. The van der Waals surface area contributed by atoms with E-state index in [1.54, 1.807) is 4.90 Å². The molecule has 152 valence electrons. The number of rotatable bonds is 2. The van der Waals surface area contributed by atoms with Gasteiger partial charge in [-0.1, -0.05) is 20.8 Å². The van der Waals surface area contributed by atoms with Gasteiger partial charge in [-0.3, -0.25) is 4.79 Å². The summed E-state index contributed by atoms with van der Waals surface area (Å²) in [6.45, 7) is 13.7. The smallest absolute Gasteiger partial charge is 0.410 e. The quantitative estimate of drug-likeness (QED) is 0.741. The van der Waals surface area contributed by atoms with Crippen molar-refractivity contribution in [1.29, 1.82) is 0 Å². The lowest BCUT2D eigenvalue weighted by atomic mass is 9.70. The van der Waals surface area contributed by atoms with E-state index in [-0.39, 0.29) is 28.7 Å². The molecule has 27 heavy (non-hydrogen) atoms. The Morgan fingerprint density at radius 3 is 2.26 bits per heavy atom. The number of carbonyl (C=O) groups excluding carboxylic acids is 2. The Bertz CT molecular complexity index is 642. The lowest BCUT2D eigenvalue weighted by molar-refractivity contribution is -0.126. The molecule has 1 heterocycles. The van der Waals surface area contributed by atoms with Gasteiger partial charge in [0.2, 0.25) is 5.91 Å². The molecular formula is C21H35N3O3. The predicted molar refractivity (Wildman–Crippen MR) is 105 cm³/mol. The fraction of sp³-hybridized carbons (Fsp3) is 0.857. The molecular weight excluding hydrogens is 342 g/mol.